The summed E-state index contributed by atoms with van der Waals surface area (Å²) in [7, 11) is 1.56. The predicted molar refractivity (Wildman–Crippen MR) is 153 cm³/mol. The van der Waals surface area contributed by atoms with E-state index < -0.39 is 0 Å². The predicted octanol–water partition coefficient (Wildman–Crippen LogP) is 8.31. The summed E-state index contributed by atoms with van der Waals surface area (Å²) in [5.41, 5.74) is 3.20. The molecule has 0 spiro atoms. The number of nitrogens with zero attached hydrogens (tertiary/aromatic N) is 1. The molecule has 190 valence electrons. The fourth-order valence-electron chi connectivity index (χ4n) is 3.73. The van der Waals surface area contributed by atoms with Gasteiger partial charge in [0.15, 0.2) is 11.5 Å². The van der Waals surface area contributed by atoms with Gasteiger partial charge in [0.1, 0.15) is 6.61 Å². The van der Waals surface area contributed by atoms with Gasteiger partial charge in [0.25, 0.3) is 11.1 Å². The molecule has 0 unspecified atom stereocenters. The van der Waals surface area contributed by atoms with Gasteiger partial charge in [-0.3, -0.25) is 14.5 Å². The van der Waals surface area contributed by atoms with Crippen LogP contribution in [0.1, 0.15) is 22.3 Å². The van der Waals surface area contributed by atoms with Crippen LogP contribution >= 0.6 is 50.9 Å². The standard InChI is InChI=1S/C28H22BrCl2NO4S/c1-3-4-19-11-18(12-24(35-2)26(19)36-16-17-5-8-21(29)9-6-17)13-25-27(33)32(28(34)37-25)15-20-7-10-22(30)14-23(20)31/h3,5-14H,1,4,15-16H2,2H3/b25-13-. The third-order valence-corrected chi connectivity index (χ3v) is 7.57. The number of rotatable bonds is 9. The summed E-state index contributed by atoms with van der Waals surface area (Å²) in [6, 6.07) is 16.5. The maximum Gasteiger partial charge on any atom is 0.293 e. The Morgan fingerprint density at radius 2 is 1.81 bits per heavy atom. The van der Waals surface area contributed by atoms with E-state index in [1.54, 1.807) is 43.5 Å². The summed E-state index contributed by atoms with van der Waals surface area (Å²) in [5.74, 6) is 0.739. The van der Waals surface area contributed by atoms with Crippen LogP contribution in [0.15, 0.2) is 76.6 Å². The van der Waals surface area contributed by atoms with Crippen molar-refractivity contribution in [2.75, 3.05) is 7.11 Å². The Kier molecular flexibility index (Phi) is 9.03. The molecule has 0 radical (unpaired) electrons. The van der Waals surface area contributed by atoms with Crippen molar-refractivity contribution < 1.29 is 19.1 Å². The smallest absolute Gasteiger partial charge is 0.293 e. The van der Waals surface area contributed by atoms with Crippen LogP contribution < -0.4 is 9.47 Å². The fraction of sp³-hybridized carbons (Fsp3) is 0.143. The van der Waals surface area contributed by atoms with Crippen molar-refractivity contribution in [2.45, 2.75) is 19.6 Å². The van der Waals surface area contributed by atoms with Gasteiger partial charge in [-0.05, 0) is 77.3 Å². The Morgan fingerprint density at radius 1 is 1.05 bits per heavy atom. The lowest BCUT2D eigenvalue weighted by molar-refractivity contribution is -0.123. The first-order valence-electron chi connectivity index (χ1n) is 11.2. The molecule has 0 N–H and O–H groups in total. The summed E-state index contributed by atoms with van der Waals surface area (Å²) in [6.07, 6.45) is 3.99. The average Bonchev–Trinajstić information content (AvgIpc) is 3.13. The highest BCUT2D eigenvalue weighted by Crippen LogP contribution is 2.38. The molecule has 2 amide bonds. The van der Waals surface area contributed by atoms with Crippen molar-refractivity contribution in [2.24, 2.45) is 0 Å². The van der Waals surface area contributed by atoms with Crippen LogP contribution in [0.5, 0.6) is 11.5 Å². The molecule has 1 heterocycles. The molecule has 0 saturated carbocycles. The molecule has 0 bridgehead atoms. The summed E-state index contributed by atoms with van der Waals surface area (Å²) in [6.45, 7) is 4.27. The van der Waals surface area contributed by atoms with E-state index >= 15 is 0 Å². The first-order chi connectivity index (χ1) is 17.8. The van der Waals surface area contributed by atoms with Gasteiger partial charge in [0.05, 0.1) is 18.6 Å². The molecule has 0 aromatic heterocycles. The number of hydrogen-bond donors (Lipinski definition) is 0. The fourth-order valence-corrected chi connectivity index (χ4v) is 5.30. The largest absolute Gasteiger partial charge is 0.493 e. The molecular weight excluding hydrogens is 597 g/mol. The lowest BCUT2D eigenvalue weighted by atomic mass is 10.0. The van der Waals surface area contributed by atoms with Crippen LogP contribution in [-0.4, -0.2) is 23.2 Å². The van der Waals surface area contributed by atoms with E-state index in [4.69, 9.17) is 32.7 Å². The minimum absolute atomic E-state index is 0.0614. The molecular formula is C28H22BrCl2NO4S. The van der Waals surface area contributed by atoms with E-state index in [1.807, 2.05) is 30.3 Å². The second-order valence-corrected chi connectivity index (χ2v) is 10.9. The van der Waals surface area contributed by atoms with Gasteiger partial charge in [0, 0.05) is 20.1 Å². The summed E-state index contributed by atoms with van der Waals surface area (Å²) < 4.78 is 12.8. The van der Waals surface area contributed by atoms with E-state index in [0.29, 0.717) is 50.6 Å². The number of carbonyl (C=O) groups excluding carboxylic acids is 2. The molecule has 9 heteroatoms. The Balaban J connectivity index is 1.59. The first kappa shape index (κ1) is 27.3. The number of carbonyl (C=O) groups is 2. The molecule has 37 heavy (non-hydrogen) atoms. The number of allylic oxidation sites excluding steroid dienone is 1. The Labute approximate surface area is 238 Å². The van der Waals surface area contributed by atoms with Crippen LogP contribution in [0.3, 0.4) is 0 Å². The van der Waals surface area contributed by atoms with Crippen LogP contribution in [0.25, 0.3) is 6.08 Å². The van der Waals surface area contributed by atoms with Gasteiger partial charge >= 0.3 is 0 Å². The zero-order valence-electron chi connectivity index (χ0n) is 19.8. The van der Waals surface area contributed by atoms with E-state index in [1.165, 1.54) is 4.90 Å². The van der Waals surface area contributed by atoms with Crippen molar-refractivity contribution in [3.63, 3.8) is 0 Å². The molecule has 3 aromatic rings. The zero-order chi connectivity index (χ0) is 26.5. The summed E-state index contributed by atoms with van der Waals surface area (Å²) >= 11 is 16.5. The van der Waals surface area contributed by atoms with Crippen LogP contribution in [0.2, 0.25) is 10.0 Å². The maximum absolute atomic E-state index is 13.1. The number of imide groups is 1. The zero-order valence-corrected chi connectivity index (χ0v) is 23.7. The lowest BCUT2D eigenvalue weighted by Crippen LogP contribution is -2.27. The third kappa shape index (κ3) is 6.60. The van der Waals surface area contributed by atoms with Crippen LogP contribution in [0.4, 0.5) is 4.79 Å². The SMILES string of the molecule is C=CCc1cc(/C=C2\SC(=O)N(Cc3ccc(Cl)cc3Cl)C2=O)cc(OC)c1OCc1ccc(Br)cc1. The maximum atomic E-state index is 13.1. The van der Waals surface area contributed by atoms with Gasteiger partial charge < -0.3 is 9.47 Å². The lowest BCUT2D eigenvalue weighted by Gasteiger charge is -2.16. The number of halogens is 3. The van der Waals surface area contributed by atoms with Crippen molar-refractivity contribution in [1.29, 1.82) is 0 Å². The molecule has 0 aliphatic carbocycles. The van der Waals surface area contributed by atoms with Crippen molar-refractivity contribution in [1.82, 2.24) is 4.90 Å². The number of thioether (sulfide) groups is 1. The minimum atomic E-state index is -0.388. The first-order valence-corrected chi connectivity index (χ1v) is 13.5. The number of ether oxygens (including phenoxy) is 2. The van der Waals surface area contributed by atoms with Gasteiger partial charge in [0.2, 0.25) is 0 Å². The van der Waals surface area contributed by atoms with E-state index in [2.05, 4.69) is 22.5 Å². The number of hydrogen-bond acceptors (Lipinski definition) is 5. The average molecular weight is 619 g/mol. The number of benzene rings is 3. The molecule has 1 aliphatic rings. The van der Waals surface area contributed by atoms with Gasteiger partial charge in [-0.2, -0.15) is 0 Å². The topological polar surface area (TPSA) is 55.8 Å². The van der Waals surface area contributed by atoms with Gasteiger partial charge in [-0.1, -0.05) is 63.4 Å². The number of amides is 2. The third-order valence-electron chi connectivity index (χ3n) is 5.55. The Morgan fingerprint density at radius 3 is 2.49 bits per heavy atom. The highest BCUT2D eigenvalue weighted by atomic mass is 79.9. The van der Waals surface area contributed by atoms with Crippen molar-refractivity contribution >= 4 is 68.1 Å². The van der Waals surface area contributed by atoms with Crippen molar-refractivity contribution in [3.8, 4) is 11.5 Å². The summed E-state index contributed by atoms with van der Waals surface area (Å²) in [5, 5.41) is 0.513. The molecule has 4 rings (SSSR count). The number of methoxy groups -OCH3 is 1. The molecule has 0 atom stereocenters. The Bertz CT molecular complexity index is 1390. The molecule has 1 fully saturated rings. The molecule has 5 nitrogen and oxygen atoms in total. The second kappa shape index (κ2) is 12.2. The normalized spacial score (nSPS) is 14.4. The monoisotopic (exact) mass is 617 g/mol. The van der Waals surface area contributed by atoms with E-state index in [9.17, 15) is 9.59 Å². The van der Waals surface area contributed by atoms with Gasteiger partial charge in [-0.25, -0.2) is 0 Å². The van der Waals surface area contributed by atoms with E-state index in [-0.39, 0.29) is 17.7 Å². The van der Waals surface area contributed by atoms with Crippen LogP contribution in [0, 0.1) is 0 Å². The summed E-state index contributed by atoms with van der Waals surface area (Å²) in [4.78, 5) is 27.2. The second-order valence-electron chi connectivity index (χ2n) is 8.12. The Hall–Kier alpha value is -2.71. The minimum Gasteiger partial charge on any atom is -0.493 e. The van der Waals surface area contributed by atoms with Crippen molar-refractivity contribution in [3.05, 3.63) is 109 Å². The molecule has 1 aliphatic heterocycles. The molecule has 1 saturated heterocycles. The quantitative estimate of drug-likeness (QED) is 0.178. The highest BCUT2D eigenvalue weighted by Gasteiger charge is 2.35. The van der Waals surface area contributed by atoms with Gasteiger partial charge in [-0.15, -0.1) is 6.58 Å². The highest BCUT2D eigenvalue weighted by molar-refractivity contribution is 9.10. The molecule has 3 aromatic carbocycles. The van der Waals surface area contributed by atoms with Crippen LogP contribution in [-0.2, 0) is 24.4 Å². The van der Waals surface area contributed by atoms with E-state index in [0.717, 1.165) is 27.4 Å².